The molecule has 0 aliphatic carbocycles. The van der Waals surface area contributed by atoms with Crippen LogP contribution in [0.1, 0.15) is 36.4 Å². The number of rotatable bonds is 2. The largest absolute Gasteiger partial charge is 0.469 e. The summed E-state index contributed by atoms with van der Waals surface area (Å²) in [5.74, 6) is 2.42. The van der Waals surface area contributed by atoms with Crippen molar-refractivity contribution in [3.8, 4) is 0 Å². The maximum absolute atomic E-state index is 9.75. The molecule has 3 rings (SSSR count). The Bertz CT molecular complexity index is 475. The predicted octanol–water partition coefficient (Wildman–Crippen LogP) is 1.29. The van der Waals surface area contributed by atoms with Gasteiger partial charge in [0.25, 0.3) is 0 Å². The molecule has 0 saturated carbocycles. The number of hydrogen-bond acceptors (Lipinski definition) is 4. The molecule has 5 heteroatoms. The Morgan fingerprint density at radius 3 is 3.25 bits per heavy atom. The monoisotopic (exact) mass is 219 g/mol. The van der Waals surface area contributed by atoms with Gasteiger partial charge in [0.05, 0.1) is 12.7 Å². The summed E-state index contributed by atoms with van der Waals surface area (Å²) in [5, 5.41) is 17.9. The van der Waals surface area contributed by atoms with Crippen molar-refractivity contribution in [1.82, 2.24) is 14.8 Å². The smallest absolute Gasteiger partial charge is 0.161 e. The van der Waals surface area contributed by atoms with E-state index < -0.39 is 6.10 Å². The minimum absolute atomic E-state index is 0.466. The zero-order chi connectivity index (χ0) is 11.0. The van der Waals surface area contributed by atoms with Crippen LogP contribution in [0.4, 0.5) is 0 Å². The van der Waals surface area contributed by atoms with Crippen LogP contribution < -0.4 is 0 Å². The van der Waals surface area contributed by atoms with E-state index in [1.807, 2.05) is 16.7 Å². The minimum Gasteiger partial charge on any atom is -0.469 e. The first-order valence-electron chi connectivity index (χ1n) is 5.47. The second-order valence-corrected chi connectivity index (χ2v) is 4.04. The van der Waals surface area contributed by atoms with Crippen molar-refractivity contribution in [3.05, 3.63) is 35.8 Å². The zero-order valence-electron chi connectivity index (χ0n) is 8.83. The summed E-state index contributed by atoms with van der Waals surface area (Å²) >= 11 is 0. The Balaban J connectivity index is 1.91. The van der Waals surface area contributed by atoms with Gasteiger partial charge < -0.3 is 14.1 Å². The molecule has 0 fully saturated rings. The fraction of sp³-hybridized carbons (Fsp3) is 0.455. The summed E-state index contributed by atoms with van der Waals surface area (Å²) < 4.78 is 7.28. The van der Waals surface area contributed by atoms with E-state index in [1.165, 1.54) is 0 Å². The van der Waals surface area contributed by atoms with Gasteiger partial charge in [0.15, 0.2) is 5.82 Å². The Kier molecular flexibility index (Phi) is 2.25. The minimum atomic E-state index is -0.466. The van der Waals surface area contributed by atoms with Crippen LogP contribution in [0.15, 0.2) is 22.8 Å². The van der Waals surface area contributed by atoms with Gasteiger partial charge in [-0.15, -0.1) is 10.2 Å². The first kappa shape index (κ1) is 9.59. The molecule has 0 aromatic carbocycles. The highest BCUT2D eigenvalue weighted by Crippen LogP contribution is 2.24. The molecule has 0 bridgehead atoms. The molecule has 5 nitrogen and oxygen atoms in total. The summed E-state index contributed by atoms with van der Waals surface area (Å²) in [5.41, 5.74) is 0. The Labute approximate surface area is 92.7 Å². The lowest BCUT2D eigenvalue weighted by Crippen LogP contribution is -2.17. The van der Waals surface area contributed by atoms with Crippen molar-refractivity contribution in [3.63, 3.8) is 0 Å². The van der Waals surface area contributed by atoms with Crippen LogP contribution >= 0.6 is 0 Å². The van der Waals surface area contributed by atoms with Crippen LogP contribution in [0.25, 0.3) is 0 Å². The standard InChI is InChI=1S/C11H13N3O2/c15-9-4-1-5-14-10(12-13-11(9)14)7-8-3-2-6-16-8/h2-3,6,9,15H,1,4-5,7H2. The molecule has 0 saturated heterocycles. The van der Waals surface area contributed by atoms with Crippen LogP contribution in [-0.2, 0) is 13.0 Å². The highest BCUT2D eigenvalue weighted by Gasteiger charge is 2.23. The summed E-state index contributed by atoms with van der Waals surface area (Å²) in [4.78, 5) is 0. The van der Waals surface area contributed by atoms with Gasteiger partial charge in [-0.3, -0.25) is 0 Å². The summed E-state index contributed by atoms with van der Waals surface area (Å²) in [6.07, 6.45) is 3.56. The number of fused-ring (bicyclic) bond motifs is 1. The van der Waals surface area contributed by atoms with Crippen molar-refractivity contribution in [1.29, 1.82) is 0 Å². The van der Waals surface area contributed by atoms with Gasteiger partial charge in [-0.2, -0.15) is 0 Å². The van der Waals surface area contributed by atoms with Gasteiger partial charge in [-0.05, 0) is 25.0 Å². The van der Waals surface area contributed by atoms with Crippen LogP contribution in [-0.4, -0.2) is 19.9 Å². The molecule has 16 heavy (non-hydrogen) atoms. The van der Waals surface area contributed by atoms with Crippen molar-refractivity contribution >= 4 is 0 Å². The van der Waals surface area contributed by atoms with E-state index in [0.717, 1.165) is 31.0 Å². The fourth-order valence-corrected chi connectivity index (χ4v) is 2.11. The highest BCUT2D eigenvalue weighted by atomic mass is 16.3. The van der Waals surface area contributed by atoms with Crippen molar-refractivity contribution in [2.75, 3.05) is 0 Å². The molecular weight excluding hydrogens is 206 g/mol. The molecule has 1 aliphatic heterocycles. The van der Waals surface area contributed by atoms with E-state index in [4.69, 9.17) is 4.42 Å². The van der Waals surface area contributed by atoms with Gasteiger partial charge in [0.1, 0.15) is 17.7 Å². The zero-order valence-corrected chi connectivity index (χ0v) is 8.83. The average molecular weight is 219 g/mol. The van der Waals surface area contributed by atoms with Crippen molar-refractivity contribution in [2.24, 2.45) is 0 Å². The normalized spacial score (nSPS) is 19.7. The second kappa shape index (κ2) is 3.75. The lowest BCUT2D eigenvalue weighted by atomic mass is 10.1. The van der Waals surface area contributed by atoms with Crippen LogP contribution in [0.3, 0.4) is 0 Å². The van der Waals surface area contributed by atoms with Gasteiger partial charge >= 0.3 is 0 Å². The van der Waals surface area contributed by atoms with E-state index >= 15 is 0 Å². The SMILES string of the molecule is OC1CCCn2c(Cc3ccco3)nnc21. The Morgan fingerprint density at radius 2 is 2.44 bits per heavy atom. The van der Waals surface area contributed by atoms with Crippen LogP contribution in [0, 0.1) is 0 Å². The Hall–Kier alpha value is -1.62. The number of furan rings is 1. The fourth-order valence-electron chi connectivity index (χ4n) is 2.11. The van der Waals surface area contributed by atoms with Gasteiger partial charge in [-0.25, -0.2) is 0 Å². The highest BCUT2D eigenvalue weighted by molar-refractivity contribution is 5.10. The van der Waals surface area contributed by atoms with Gasteiger partial charge in [0.2, 0.25) is 0 Å². The summed E-state index contributed by atoms with van der Waals surface area (Å²) in [6.45, 7) is 0.884. The third-order valence-electron chi connectivity index (χ3n) is 2.93. The van der Waals surface area contributed by atoms with Gasteiger partial charge in [0, 0.05) is 6.54 Å². The second-order valence-electron chi connectivity index (χ2n) is 4.04. The molecule has 1 atom stereocenters. The lowest BCUT2D eigenvalue weighted by molar-refractivity contribution is 0.133. The quantitative estimate of drug-likeness (QED) is 0.826. The number of aliphatic hydroxyl groups excluding tert-OH is 1. The molecule has 0 amide bonds. The van der Waals surface area contributed by atoms with E-state index in [-0.39, 0.29) is 0 Å². The van der Waals surface area contributed by atoms with Crippen LogP contribution in [0.2, 0.25) is 0 Å². The number of aliphatic hydroxyl groups is 1. The molecule has 84 valence electrons. The van der Waals surface area contributed by atoms with Gasteiger partial charge in [-0.1, -0.05) is 0 Å². The predicted molar refractivity (Wildman–Crippen MR) is 55.7 cm³/mol. The Morgan fingerprint density at radius 1 is 1.50 bits per heavy atom. The number of aromatic nitrogens is 3. The van der Waals surface area contributed by atoms with Crippen molar-refractivity contribution in [2.45, 2.75) is 31.9 Å². The number of nitrogens with zero attached hydrogens (tertiary/aromatic N) is 3. The molecule has 2 aromatic heterocycles. The van der Waals surface area contributed by atoms with E-state index in [9.17, 15) is 5.11 Å². The molecule has 1 N–H and O–H groups in total. The topological polar surface area (TPSA) is 64.1 Å². The molecular formula is C11H13N3O2. The first-order valence-corrected chi connectivity index (χ1v) is 5.47. The molecule has 1 unspecified atom stereocenters. The first-order chi connectivity index (χ1) is 7.84. The average Bonchev–Trinajstić information content (AvgIpc) is 2.90. The number of hydrogen-bond donors (Lipinski definition) is 1. The van der Waals surface area contributed by atoms with Crippen LogP contribution in [0.5, 0.6) is 0 Å². The maximum Gasteiger partial charge on any atom is 0.161 e. The van der Waals surface area contributed by atoms with E-state index in [2.05, 4.69) is 10.2 Å². The van der Waals surface area contributed by atoms with E-state index in [0.29, 0.717) is 12.2 Å². The third kappa shape index (κ3) is 1.53. The molecule has 2 aromatic rings. The molecule has 0 radical (unpaired) electrons. The molecule has 3 heterocycles. The van der Waals surface area contributed by atoms with E-state index in [1.54, 1.807) is 6.26 Å². The summed E-state index contributed by atoms with van der Waals surface area (Å²) in [6, 6.07) is 3.78. The molecule has 1 aliphatic rings. The summed E-state index contributed by atoms with van der Waals surface area (Å²) in [7, 11) is 0. The molecule has 0 spiro atoms. The van der Waals surface area contributed by atoms with Crippen molar-refractivity contribution < 1.29 is 9.52 Å². The lowest BCUT2D eigenvalue weighted by Gasteiger charge is -2.19. The maximum atomic E-state index is 9.75. The third-order valence-corrected chi connectivity index (χ3v) is 2.93.